The number of amides is 1. The molecule has 1 saturated heterocycles. The van der Waals surface area contributed by atoms with Crippen LogP contribution in [0.1, 0.15) is 38.5 Å². The molecule has 0 spiro atoms. The highest BCUT2D eigenvalue weighted by Gasteiger charge is 2.31. The number of Topliss-reactive ketones (excluding diaryl/α,β-unsaturated/α-hetero) is 1. The average Bonchev–Trinajstić information content (AvgIpc) is 3.26. The summed E-state index contributed by atoms with van der Waals surface area (Å²) in [7, 11) is 0. The van der Waals surface area contributed by atoms with Gasteiger partial charge in [-0.2, -0.15) is 0 Å². The number of piperidine rings is 1. The Balaban J connectivity index is 1.48. The molecule has 19 heavy (non-hydrogen) atoms. The van der Waals surface area contributed by atoms with E-state index in [9.17, 15) is 9.59 Å². The number of ketones is 1. The number of hydrogen-bond donors (Lipinski definition) is 0. The zero-order valence-electron chi connectivity index (χ0n) is 11.6. The molecule has 2 aliphatic carbocycles. The van der Waals surface area contributed by atoms with E-state index >= 15 is 0 Å². The van der Waals surface area contributed by atoms with Crippen molar-refractivity contribution in [2.45, 2.75) is 38.5 Å². The minimum absolute atomic E-state index is 0.230. The standard InChI is InChI=1S/C15H24N2O2/c18-14-5-7-17(8-6-14)15(19)11-16(9-12-1-2-12)10-13-3-4-13/h12-13H,1-11H2. The van der Waals surface area contributed by atoms with Crippen molar-refractivity contribution in [3.8, 4) is 0 Å². The Labute approximate surface area is 115 Å². The average molecular weight is 264 g/mol. The minimum atomic E-state index is 0.230. The lowest BCUT2D eigenvalue weighted by atomic mass is 10.1. The van der Waals surface area contributed by atoms with Crippen molar-refractivity contribution in [2.24, 2.45) is 11.8 Å². The maximum atomic E-state index is 12.3. The van der Waals surface area contributed by atoms with Gasteiger partial charge < -0.3 is 4.90 Å². The van der Waals surface area contributed by atoms with Crippen LogP contribution in [0.5, 0.6) is 0 Å². The van der Waals surface area contributed by atoms with Crippen LogP contribution in [-0.2, 0) is 9.59 Å². The Morgan fingerprint density at radius 1 is 1.05 bits per heavy atom. The summed E-state index contributed by atoms with van der Waals surface area (Å²) >= 11 is 0. The van der Waals surface area contributed by atoms with Crippen LogP contribution >= 0.6 is 0 Å². The maximum absolute atomic E-state index is 12.3. The highest BCUT2D eigenvalue weighted by molar-refractivity contribution is 5.84. The van der Waals surface area contributed by atoms with Gasteiger partial charge in [-0.3, -0.25) is 14.5 Å². The molecule has 0 aromatic rings. The van der Waals surface area contributed by atoms with Gasteiger partial charge in [0.1, 0.15) is 5.78 Å². The van der Waals surface area contributed by atoms with Gasteiger partial charge in [0, 0.05) is 39.0 Å². The Hall–Kier alpha value is -0.900. The van der Waals surface area contributed by atoms with Crippen LogP contribution in [0.3, 0.4) is 0 Å². The molecule has 0 atom stereocenters. The van der Waals surface area contributed by atoms with Gasteiger partial charge in [0.05, 0.1) is 6.54 Å². The third-order valence-corrected chi connectivity index (χ3v) is 4.46. The maximum Gasteiger partial charge on any atom is 0.236 e. The Bertz CT molecular complexity index is 337. The molecule has 0 aromatic heterocycles. The van der Waals surface area contributed by atoms with Crippen molar-refractivity contribution in [3.05, 3.63) is 0 Å². The lowest BCUT2D eigenvalue weighted by molar-refractivity contribution is -0.135. The van der Waals surface area contributed by atoms with E-state index in [0.29, 0.717) is 38.3 Å². The first-order valence-corrected chi connectivity index (χ1v) is 7.72. The van der Waals surface area contributed by atoms with E-state index in [1.807, 2.05) is 4.90 Å². The third kappa shape index (κ3) is 4.03. The fraction of sp³-hybridized carbons (Fsp3) is 0.867. The van der Waals surface area contributed by atoms with Crippen molar-refractivity contribution in [3.63, 3.8) is 0 Å². The van der Waals surface area contributed by atoms with E-state index in [-0.39, 0.29) is 5.91 Å². The predicted octanol–water partition coefficient (Wildman–Crippen LogP) is 1.30. The molecular formula is C15H24N2O2. The number of rotatable bonds is 6. The van der Waals surface area contributed by atoms with E-state index < -0.39 is 0 Å². The largest absolute Gasteiger partial charge is 0.341 e. The summed E-state index contributed by atoms with van der Waals surface area (Å²) in [6, 6.07) is 0. The molecule has 3 rings (SSSR count). The zero-order chi connectivity index (χ0) is 13.2. The molecule has 4 heteroatoms. The van der Waals surface area contributed by atoms with Gasteiger partial charge in [0.2, 0.25) is 5.91 Å². The fourth-order valence-electron chi connectivity index (χ4n) is 2.83. The number of carbonyl (C=O) groups is 2. The predicted molar refractivity (Wildman–Crippen MR) is 72.7 cm³/mol. The Morgan fingerprint density at radius 2 is 1.58 bits per heavy atom. The first kappa shape index (κ1) is 13.1. The second kappa shape index (κ2) is 5.61. The third-order valence-electron chi connectivity index (χ3n) is 4.46. The van der Waals surface area contributed by atoms with Crippen LogP contribution in [-0.4, -0.2) is 54.2 Å². The van der Waals surface area contributed by atoms with Crippen molar-refractivity contribution in [1.82, 2.24) is 9.80 Å². The summed E-state index contributed by atoms with van der Waals surface area (Å²) in [5, 5.41) is 0. The van der Waals surface area contributed by atoms with Crippen molar-refractivity contribution < 1.29 is 9.59 Å². The number of likely N-dealkylation sites (tertiary alicyclic amines) is 1. The van der Waals surface area contributed by atoms with Gasteiger partial charge in [-0.05, 0) is 37.5 Å². The lowest BCUT2D eigenvalue weighted by Gasteiger charge is -2.29. The second-order valence-corrected chi connectivity index (χ2v) is 6.50. The summed E-state index contributed by atoms with van der Waals surface area (Å²) in [5.74, 6) is 2.22. The molecule has 106 valence electrons. The number of hydrogen-bond acceptors (Lipinski definition) is 3. The molecule has 2 saturated carbocycles. The molecule has 4 nitrogen and oxygen atoms in total. The normalized spacial score (nSPS) is 24.1. The molecule has 0 radical (unpaired) electrons. The monoisotopic (exact) mass is 264 g/mol. The quantitative estimate of drug-likeness (QED) is 0.726. The molecule has 1 aliphatic heterocycles. The zero-order valence-corrected chi connectivity index (χ0v) is 11.6. The van der Waals surface area contributed by atoms with Gasteiger partial charge in [-0.15, -0.1) is 0 Å². The van der Waals surface area contributed by atoms with Crippen LogP contribution in [0.25, 0.3) is 0 Å². The lowest BCUT2D eigenvalue weighted by Crippen LogP contribution is -2.45. The molecule has 0 unspecified atom stereocenters. The van der Waals surface area contributed by atoms with Gasteiger partial charge >= 0.3 is 0 Å². The summed E-state index contributed by atoms with van der Waals surface area (Å²) in [6.07, 6.45) is 6.47. The topological polar surface area (TPSA) is 40.6 Å². The SMILES string of the molecule is O=C1CCN(C(=O)CN(CC2CC2)CC2CC2)CC1. The Kier molecular flexibility index (Phi) is 3.87. The van der Waals surface area contributed by atoms with Crippen LogP contribution in [0.15, 0.2) is 0 Å². The highest BCUT2D eigenvalue weighted by atomic mass is 16.2. The van der Waals surface area contributed by atoms with Gasteiger partial charge in [0.25, 0.3) is 0 Å². The summed E-state index contributed by atoms with van der Waals surface area (Å²) in [5.41, 5.74) is 0. The molecular weight excluding hydrogens is 240 g/mol. The molecule has 1 heterocycles. The first-order valence-electron chi connectivity index (χ1n) is 7.72. The van der Waals surface area contributed by atoms with Crippen molar-refractivity contribution >= 4 is 11.7 Å². The minimum Gasteiger partial charge on any atom is -0.341 e. The fourth-order valence-corrected chi connectivity index (χ4v) is 2.83. The van der Waals surface area contributed by atoms with Gasteiger partial charge in [-0.25, -0.2) is 0 Å². The van der Waals surface area contributed by atoms with E-state index in [4.69, 9.17) is 0 Å². The molecule has 3 fully saturated rings. The van der Waals surface area contributed by atoms with Crippen LogP contribution in [0.4, 0.5) is 0 Å². The molecule has 3 aliphatic rings. The summed E-state index contributed by atoms with van der Waals surface area (Å²) in [4.78, 5) is 27.8. The second-order valence-electron chi connectivity index (χ2n) is 6.50. The number of carbonyl (C=O) groups excluding carboxylic acids is 2. The summed E-state index contributed by atoms with van der Waals surface area (Å²) < 4.78 is 0. The Morgan fingerprint density at radius 3 is 2.05 bits per heavy atom. The smallest absolute Gasteiger partial charge is 0.236 e. The highest BCUT2D eigenvalue weighted by Crippen LogP contribution is 2.33. The van der Waals surface area contributed by atoms with E-state index in [0.717, 1.165) is 24.9 Å². The van der Waals surface area contributed by atoms with Gasteiger partial charge in [-0.1, -0.05) is 0 Å². The molecule has 1 amide bonds. The van der Waals surface area contributed by atoms with Gasteiger partial charge in [0.15, 0.2) is 0 Å². The number of nitrogens with zero attached hydrogens (tertiary/aromatic N) is 2. The van der Waals surface area contributed by atoms with Crippen LogP contribution in [0, 0.1) is 11.8 Å². The summed E-state index contributed by atoms with van der Waals surface area (Å²) in [6.45, 7) is 4.06. The molecule has 0 aromatic carbocycles. The van der Waals surface area contributed by atoms with E-state index in [1.54, 1.807) is 0 Å². The van der Waals surface area contributed by atoms with Crippen molar-refractivity contribution in [2.75, 3.05) is 32.7 Å². The van der Waals surface area contributed by atoms with E-state index in [1.165, 1.54) is 25.7 Å². The van der Waals surface area contributed by atoms with Crippen molar-refractivity contribution in [1.29, 1.82) is 0 Å². The van der Waals surface area contributed by atoms with Crippen LogP contribution in [0.2, 0.25) is 0 Å². The van der Waals surface area contributed by atoms with E-state index in [2.05, 4.69) is 4.90 Å². The molecule has 0 N–H and O–H groups in total. The van der Waals surface area contributed by atoms with Crippen LogP contribution < -0.4 is 0 Å². The first-order chi connectivity index (χ1) is 9.20. The molecule has 0 bridgehead atoms.